The standard InChI is InChI=1S/C22H24N4O4S/c1-29-18-5-3-2-4-17(18)23-22(28)15-8-11-26(12-9-15)20(27)7-6-19-24-21(25-30-19)16-10-13-31-14-16/h2-5,10,13-15H,6-9,11-12H2,1H3,(H,23,28). The maximum absolute atomic E-state index is 12.6. The Kier molecular flexibility index (Phi) is 6.61. The maximum atomic E-state index is 12.6. The molecular formula is C22H24N4O4S. The molecule has 3 aromatic rings. The van der Waals surface area contributed by atoms with Crippen molar-refractivity contribution in [3.8, 4) is 17.1 Å². The molecule has 9 heteroatoms. The van der Waals surface area contributed by atoms with Crippen LogP contribution in [0.25, 0.3) is 11.4 Å². The lowest BCUT2D eigenvalue weighted by Crippen LogP contribution is -2.41. The van der Waals surface area contributed by atoms with Crippen molar-refractivity contribution in [1.29, 1.82) is 0 Å². The topological polar surface area (TPSA) is 97.6 Å². The predicted molar refractivity (Wildman–Crippen MR) is 117 cm³/mol. The first-order valence-corrected chi connectivity index (χ1v) is 11.1. The van der Waals surface area contributed by atoms with Crippen molar-refractivity contribution in [1.82, 2.24) is 15.0 Å². The number of aryl methyl sites for hydroxylation is 1. The molecule has 1 fully saturated rings. The molecule has 1 saturated heterocycles. The number of thiophene rings is 1. The largest absolute Gasteiger partial charge is 0.495 e. The van der Waals surface area contributed by atoms with Crippen molar-refractivity contribution < 1.29 is 18.8 Å². The molecule has 4 rings (SSSR count). The van der Waals surface area contributed by atoms with Gasteiger partial charge in [-0.1, -0.05) is 17.3 Å². The van der Waals surface area contributed by atoms with E-state index in [9.17, 15) is 9.59 Å². The van der Waals surface area contributed by atoms with Crippen LogP contribution in [0.3, 0.4) is 0 Å². The molecule has 0 bridgehead atoms. The minimum Gasteiger partial charge on any atom is -0.495 e. The van der Waals surface area contributed by atoms with E-state index in [1.165, 1.54) is 0 Å². The number of ether oxygens (including phenoxy) is 1. The number of methoxy groups -OCH3 is 1. The summed E-state index contributed by atoms with van der Waals surface area (Å²) in [6.45, 7) is 1.12. The number of likely N-dealkylation sites (tertiary alicyclic amines) is 1. The zero-order valence-corrected chi connectivity index (χ0v) is 18.1. The van der Waals surface area contributed by atoms with Crippen LogP contribution in [0.2, 0.25) is 0 Å². The van der Waals surface area contributed by atoms with E-state index in [2.05, 4.69) is 15.5 Å². The third-order valence-corrected chi connectivity index (χ3v) is 6.07. The second-order valence-electron chi connectivity index (χ2n) is 7.37. The first-order valence-electron chi connectivity index (χ1n) is 10.2. The van der Waals surface area contributed by atoms with Gasteiger partial charge in [-0.25, -0.2) is 0 Å². The summed E-state index contributed by atoms with van der Waals surface area (Å²) in [4.78, 5) is 31.4. The lowest BCUT2D eigenvalue weighted by atomic mass is 9.95. The Morgan fingerprint density at radius 2 is 2.06 bits per heavy atom. The summed E-state index contributed by atoms with van der Waals surface area (Å²) < 4.78 is 10.5. The summed E-state index contributed by atoms with van der Waals surface area (Å²) in [5.74, 6) is 1.51. The fourth-order valence-corrected chi connectivity index (χ4v) is 4.25. The summed E-state index contributed by atoms with van der Waals surface area (Å²) in [6, 6.07) is 9.26. The number of aromatic nitrogens is 2. The van der Waals surface area contributed by atoms with Crippen LogP contribution in [0, 0.1) is 5.92 Å². The summed E-state index contributed by atoms with van der Waals surface area (Å²) in [6.07, 6.45) is 1.98. The molecule has 2 amide bonds. The van der Waals surface area contributed by atoms with Gasteiger partial charge in [0.05, 0.1) is 12.8 Å². The highest BCUT2D eigenvalue weighted by Crippen LogP contribution is 2.26. The van der Waals surface area contributed by atoms with Gasteiger partial charge in [0, 0.05) is 42.8 Å². The van der Waals surface area contributed by atoms with E-state index in [0.29, 0.717) is 61.9 Å². The highest BCUT2D eigenvalue weighted by molar-refractivity contribution is 7.08. The van der Waals surface area contributed by atoms with E-state index < -0.39 is 0 Å². The Bertz CT molecular complexity index is 1030. The van der Waals surface area contributed by atoms with Gasteiger partial charge in [0.2, 0.25) is 23.5 Å². The molecule has 0 saturated carbocycles. The number of amides is 2. The number of carbonyl (C=O) groups is 2. The zero-order chi connectivity index (χ0) is 21.6. The number of benzene rings is 1. The number of rotatable bonds is 7. The molecule has 31 heavy (non-hydrogen) atoms. The molecule has 0 spiro atoms. The fraction of sp³-hybridized carbons (Fsp3) is 0.364. The molecule has 3 heterocycles. The number of piperidine rings is 1. The molecule has 1 aromatic carbocycles. The van der Waals surface area contributed by atoms with Gasteiger partial charge < -0.3 is 19.5 Å². The minimum absolute atomic E-state index is 0.0385. The van der Waals surface area contributed by atoms with Crippen molar-refractivity contribution in [3.05, 3.63) is 47.0 Å². The summed E-state index contributed by atoms with van der Waals surface area (Å²) in [5.41, 5.74) is 1.58. The van der Waals surface area contributed by atoms with Crippen LogP contribution < -0.4 is 10.1 Å². The van der Waals surface area contributed by atoms with Crippen molar-refractivity contribution in [2.75, 3.05) is 25.5 Å². The molecular weight excluding hydrogens is 416 g/mol. The van der Waals surface area contributed by atoms with E-state index in [1.54, 1.807) is 18.4 Å². The average molecular weight is 441 g/mol. The molecule has 0 aliphatic carbocycles. The van der Waals surface area contributed by atoms with Gasteiger partial charge in [-0.15, -0.1) is 0 Å². The number of nitrogens with one attached hydrogen (secondary N) is 1. The quantitative estimate of drug-likeness (QED) is 0.603. The lowest BCUT2D eigenvalue weighted by Gasteiger charge is -2.31. The van der Waals surface area contributed by atoms with Crippen molar-refractivity contribution >= 4 is 28.8 Å². The van der Waals surface area contributed by atoms with Crippen LogP contribution in [0.5, 0.6) is 5.75 Å². The molecule has 0 unspecified atom stereocenters. The number of hydrogen-bond donors (Lipinski definition) is 1. The molecule has 2 aromatic heterocycles. The Morgan fingerprint density at radius 3 is 2.81 bits per heavy atom. The molecule has 0 atom stereocenters. The molecule has 162 valence electrons. The van der Waals surface area contributed by atoms with Gasteiger partial charge in [0.1, 0.15) is 5.75 Å². The second-order valence-corrected chi connectivity index (χ2v) is 8.15. The molecule has 1 aliphatic heterocycles. The first kappa shape index (κ1) is 21.0. The summed E-state index contributed by atoms with van der Waals surface area (Å²) >= 11 is 1.57. The van der Waals surface area contributed by atoms with Crippen molar-refractivity contribution in [3.63, 3.8) is 0 Å². The number of hydrogen-bond acceptors (Lipinski definition) is 7. The summed E-state index contributed by atoms with van der Waals surface area (Å²) in [5, 5.41) is 10.8. The Labute approximate surface area is 184 Å². The smallest absolute Gasteiger partial charge is 0.227 e. The van der Waals surface area contributed by atoms with E-state index in [0.717, 1.165) is 5.56 Å². The van der Waals surface area contributed by atoms with Crippen LogP contribution in [0.1, 0.15) is 25.2 Å². The van der Waals surface area contributed by atoms with E-state index >= 15 is 0 Å². The zero-order valence-electron chi connectivity index (χ0n) is 17.2. The molecule has 0 radical (unpaired) electrons. The SMILES string of the molecule is COc1ccccc1NC(=O)C1CCN(C(=O)CCc2nc(-c3ccsc3)no2)CC1. The average Bonchev–Trinajstić information content (AvgIpc) is 3.50. The summed E-state index contributed by atoms with van der Waals surface area (Å²) in [7, 11) is 1.58. The fourth-order valence-electron chi connectivity index (χ4n) is 3.61. The molecule has 1 aliphatic rings. The number of nitrogens with zero attached hydrogens (tertiary/aromatic N) is 3. The van der Waals surface area contributed by atoms with Crippen molar-refractivity contribution in [2.45, 2.75) is 25.7 Å². The monoisotopic (exact) mass is 440 g/mol. The Morgan fingerprint density at radius 1 is 1.26 bits per heavy atom. The molecule has 8 nitrogen and oxygen atoms in total. The maximum Gasteiger partial charge on any atom is 0.227 e. The van der Waals surface area contributed by atoms with Crippen LogP contribution in [-0.4, -0.2) is 47.1 Å². The number of para-hydroxylation sites is 2. The minimum atomic E-state index is -0.127. The van der Waals surface area contributed by atoms with Crippen molar-refractivity contribution in [2.24, 2.45) is 5.92 Å². The normalized spacial score (nSPS) is 14.4. The van der Waals surface area contributed by atoms with Gasteiger partial charge >= 0.3 is 0 Å². The van der Waals surface area contributed by atoms with Crippen LogP contribution >= 0.6 is 11.3 Å². The van der Waals surface area contributed by atoms with Crippen LogP contribution in [0.15, 0.2) is 45.6 Å². The Balaban J connectivity index is 1.24. The van der Waals surface area contributed by atoms with Crippen LogP contribution in [-0.2, 0) is 16.0 Å². The third-order valence-electron chi connectivity index (χ3n) is 5.38. The van der Waals surface area contributed by atoms with E-state index in [-0.39, 0.29) is 17.7 Å². The van der Waals surface area contributed by atoms with E-state index in [4.69, 9.17) is 9.26 Å². The van der Waals surface area contributed by atoms with E-state index in [1.807, 2.05) is 46.0 Å². The van der Waals surface area contributed by atoms with Gasteiger partial charge in [-0.05, 0) is 36.4 Å². The first-order chi connectivity index (χ1) is 15.1. The number of anilines is 1. The second kappa shape index (κ2) is 9.74. The third kappa shape index (κ3) is 5.11. The Hall–Kier alpha value is -3.20. The van der Waals surface area contributed by atoms with Gasteiger partial charge in [0.15, 0.2) is 0 Å². The van der Waals surface area contributed by atoms with Gasteiger partial charge in [-0.3, -0.25) is 9.59 Å². The van der Waals surface area contributed by atoms with Gasteiger partial charge in [0.25, 0.3) is 0 Å². The highest BCUT2D eigenvalue weighted by Gasteiger charge is 2.28. The highest BCUT2D eigenvalue weighted by atomic mass is 32.1. The molecule has 1 N–H and O–H groups in total. The predicted octanol–water partition coefficient (Wildman–Crippen LogP) is 3.62. The lowest BCUT2D eigenvalue weighted by molar-refractivity contribution is -0.134. The number of carbonyl (C=O) groups excluding carboxylic acids is 2. The van der Waals surface area contributed by atoms with Gasteiger partial charge in [-0.2, -0.15) is 16.3 Å². The van der Waals surface area contributed by atoms with Crippen LogP contribution in [0.4, 0.5) is 5.69 Å².